The molecule has 1 saturated heterocycles. The second-order valence-corrected chi connectivity index (χ2v) is 5.63. The maximum Gasteiger partial charge on any atom is 0.308 e. The van der Waals surface area contributed by atoms with Gasteiger partial charge in [0.25, 0.3) is 5.91 Å². The number of halogens is 1. The second-order valence-electron chi connectivity index (χ2n) is 5.20. The van der Waals surface area contributed by atoms with Crippen LogP contribution in [-0.4, -0.2) is 44.8 Å². The van der Waals surface area contributed by atoms with Gasteiger partial charge < -0.3 is 10.0 Å². The molecule has 1 unspecified atom stereocenters. The molecule has 22 heavy (non-hydrogen) atoms. The summed E-state index contributed by atoms with van der Waals surface area (Å²) in [4.78, 5) is 24.8. The van der Waals surface area contributed by atoms with Crippen LogP contribution in [0.5, 0.6) is 0 Å². The van der Waals surface area contributed by atoms with Crippen molar-refractivity contribution in [2.45, 2.75) is 6.42 Å². The van der Waals surface area contributed by atoms with Gasteiger partial charge in [0.1, 0.15) is 0 Å². The van der Waals surface area contributed by atoms with Gasteiger partial charge in [0, 0.05) is 24.3 Å². The van der Waals surface area contributed by atoms with Crippen LogP contribution >= 0.6 is 11.6 Å². The van der Waals surface area contributed by atoms with Gasteiger partial charge in [-0.2, -0.15) is 5.10 Å². The standard InChI is InChI=1S/C15H14ClN3O3/c16-11-1-3-12(4-2-11)19-8-6-13(17-19)14(20)18-7-5-10(9-18)15(21)22/h1-4,6,8,10H,5,7,9H2,(H,21,22). The normalized spacial score (nSPS) is 17.7. The van der Waals surface area contributed by atoms with Crippen molar-refractivity contribution in [1.82, 2.24) is 14.7 Å². The largest absolute Gasteiger partial charge is 0.481 e. The summed E-state index contributed by atoms with van der Waals surface area (Å²) in [6.07, 6.45) is 2.18. The van der Waals surface area contributed by atoms with Gasteiger partial charge in [0.15, 0.2) is 5.69 Å². The fraction of sp³-hybridized carbons (Fsp3) is 0.267. The third-order valence-electron chi connectivity index (χ3n) is 3.72. The molecule has 1 aliphatic rings. The highest BCUT2D eigenvalue weighted by Crippen LogP contribution is 2.19. The smallest absolute Gasteiger partial charge is 0.308 e. The predicted molar refractivity (Wildman–Crippen MR) is 80.2 cm³/mol. The molecule has 0 saturated carbocycles. The number of aliphatic carboxylic acids is 1. The number of carbonyl (C=O) groups is 2. The molecular formula is C15H14ClN3O3. The van der Waals surface area contributed by atoms with E-state index < -0.39 is 11.9 Å². The van der Waals surface area contributed by atoms with Gasteiger partial charge in [-0.05, 0) is 36.8 Å². The average Bonchev–Trinajstić information content (AvgIpc) is 3.17. The lowest BCUT2D eigenvalue weighted by molar-refractivity contribution is -0.141. The predicted octanol–water partition coefficient (Wildman–Crippen LogP) is 2.07. The van der Waals surface area contributed by atoms with E-state index in [1.54, 1.807) is 41.2 Å². The zero-order valence-corrected chi connectivity index (χ0v) is 12.4. The Bertz CT molecular complexity index is 711. The Balaban J connectivity index is 1.75. The molecule has 6 nitrogen and oxygen atoms in total. The molecule has 1 aliphatic heterocycles. The van der Waals surface area contributed by atoms with Crippen molar-refractivity contribution >= 4 is 23.5 Å². The summed E-state index contributed by atoms with van der Waals surface area (Å²) in [5.74, 6) is -1.58. The van der Waals surface area contributed by atoms with E-state index in [-0.39, 0.29) is 12.5 Å². The van der Waals surface area contributed by atoms with Gasteiger partial charge in [-0.15, -0.1) is 0 Å². The van der Waals surface area contributed by atoms with Crippen LogP contribution in [0.15, 0.2) is 36.5 Å². The zero-order valence-electron chi connectivity index (χ0n) is 11.6. The summed E-state index contributed by atoms with van der Waals surface area (Å²) in [7, 11) is 0. The zero-order chi connectivity index (χ0) is 15.7. The maximum atomic E-state index is 12.3. The summed E-state index contributed by atoms with van der Waals surface area (Å²) >= 11 is 5.84. The van der Waals surface area contributed by atoms with Crippen LogP contribution in [-0.2, 0) is 4.79 Å². The lowest BCUT2D eigenvalue weighted by Gasteiger charge is -2.13. The lowest BCUT2D eigenvalue weighted by atomic mass is 10.1. The van der Waals surface area contributed by atoms with Crippen LogP contribution in [0.25, 0.3) is 5.69 Å². The highest BCUT2D eigenvalue weighted by Gasteiger charge is 2.32. The summed E-state index contributed by atoms with van der Waals surface area (Å²) in [5.41, 5.74) is 1.11. The van der Waals surface area contributed by atoms with Gasteiger partial charge >= 0.3 is 5.97 Å². The Hall–Kier alpha value is -2.34. The molecule has 2 aromatic rings. The fourth-order valence-electron chi connectivity index (χ4n) is 2.48. The second kappa shape index (κ2) is 5.81. The first-order valence-electron chi connectivity index (χ1n) is 6.88. The molecule has 7 heteroatoms. The van der Waals surface area contributed by atoms with E-state index in [2.05, 4.69) is 5.10 Å². The lowest BCUT2D eigenvalue weighted by Crippen LogP contribution is -2.30. The van der Waals surface area contributed by atoms with Crippen LogP contribution < -0.4 is 0 Å². The summed E-state index contributed by atoms with van der Waals surface area (Å²) in [6.45, 7) is 0.686. The molecule has 2 heterocycles. The highest BCUT2D eigenvalue weighted by molar-refractivity contribution is 6.30. The van der Waals surface area contributed by atoms with Crippen molar-refractivity contribution in [3.63, 3.8) is 0 Å². The minimum atomic E-state index is -0.859. The SMILES string of the molecule is O=C(O)C1CCN(C(=O)c2ccn(-c3ccc(Cl)cc3)n2)C1. The number of benzene rings is 1. The van der Waals surface area contributed by atoms with Crippen LogP contribution in [0.1, 0.15) is 16.9 Å². The first-order chi connectivity index (χ1) is 10.5. The van der Waals surface area contributed by atoms with Crippen molar-refractivity contribution in [1.29, 1.82) is 0 Å². The Kier molecular flexibility index (Phi) is 3.85. The Morgan fingerprint density at radius 2 is 1.95 bits per heavy atom. The first-order valence-corrected chi connectivity index (χ1v) is 7.26. The third kappa shape index (κ3) is 2.82. The van der Waals surface area contributed by atoms with Gasteiger partial charge in [-0.1, -0.05) is 11.6 Å². The highest BCUT2D eigenvalue weighted by atomic mass is 35.5. The molecule has 0 aliphatic carbocycles. The van der Waals surface area contributed by atoms with Crippen molar-refractivity contribution in [3.8, 4) is 5.69 Å². The van der Waals surface area contributed by atoms with Crippen LogP contribution in [0.2, 0.25) is 5.02 Å². The minimum absolute atomic E-state index is 0.238. The number of carbonyl (C=O) groups excluding carboxylic acids is 1. The number of carboxylic acid groups (broad SMARTS) is 1. The van der Waals surface area contributed by atoms with Crippen molar-refractivity contribution in [2.24, 2.45) is 5.92 Å². The number of aromatic nitrogens is 2. The minimum Gasteiger partial charge on any atom is -0.481 e. The monoisotopic (exact) mass is 319 g/mol. The van der Waals surface area contributed by atoms with E-state index in [1.165, 1.54) is 4.90 Å². The first kappa shape index (κ1) is 14.6. The number of hydrogen-bond acceptors (Lipinski definition) is 3. The van der Waals surface area contributed by atoms with E-state index in [1.807, 2.05) is 0 Å². The van der Waals surface area contributed by atoms with Crippen molar-refractivity contribution in [2.75, 3.05) is 13.1 Å². The molecule has 1 aromatic heterocycles. The molecular weight excluding hydrogens is 306 g/mol. The summed E-state index contributed by atoms with van der Waals surface area (Å²) in [6, 6.07) is 8.74. The fourth-order valence-corrected chi connectivity index (χ4v) is 2.61. The molecule has 1 amide bonds. The van der Waals surface area contributed by atoms with Crippen LogP contribution in [0, 0.1) is 5.92 Å². The molecule has 1 atom stereocenters. The molecule has 0 radical (unpaired) electrons. The number of hydrogen-bond donors (Lipinski definition) is 1. The maximum absolute atomic E-state index is 12.3. The van der Waals surface area contributed by atoms with E-state index in [4.69, 9.17) is 16.7 Å². The molecule has 0 bridgehead atoms. The molecule has 114 valence electrons. The molecule has 3 rings (SSSR count). The molecule has 1 aromatic carbocycles. The van der Waals surface area contributed by atoms with E-state index in [9.17, 15) is 9.59 Å². The topological polar surface area (TPSA) is 75.4 Å². The van der Waals surface area contributed by atoms with Crippen LogP contribution in [0.3, 0.4) is 0 Å². The summed E-state index contributed by atoms with van der Waals surface area (Å²) in [5, 5.41) is 13.9. The van der Waals surface area contributed by atoms with E-state index in [0.717, 1.165) is 5.69 Å². The number of carboxylic acids is 1. The Morgan fingerprint density at radius 3 is 2.59 bits per heavy atom. The number of rotatable bonds is 3. The third-order valence-corrected chi connectivity index (χ3v) is 3.98. The van der Waals surface area contributed by atoms with Gasteiger partial charge in [-0.3, -0.25) is 9.59 Å². The Labute approximate surface area is 131 Å². The quantitative estimate of drug-likeness (QED) is 0.939. The van der Waals surface area contributed by atoms with Gasteiger partial charge in [0.2, 0.25) is 0 Å². The van der Waals surface area contributed by atoms with Crippen LogP contribution in [0.4, 0.5) is 0 Å². The van der Waals surface area contributed by atoms with Crippen molar-refractivity contribution in [3.05, 3.63) is 47.2 Å². The molecule has 0 spiro atoms. The van der Waals surface area contributed by atoms with Gasteiger partial charge in [0.05, 0.1) is 11.6 Å². The average molecular weight is 320 g/mol. The molecule has 1 fully saturated rings. The Morgan fingerprint density at radius 1 is 1.23 bits per heavy atom. The number of nitrogens with zero attached hydrogens (tertiary/aromatic N) is 3. The van der Waals surface area contributed by atoms with E-state index >= 15 is 0 Å². The molecule has 1 N–H and O–H groups in total. The number of likely N-dealkylation sites (tertiary alicyclic amines) is 1. The van der Waals surface area contributed by atoms with Gasteiger partial charge in [-0.25, -0.2) is 4.68 Å². The summed E-state index contributed by atoms with van der Waals surface area (Å²) < 4.78 is 1.59. The van der Waals surface area contributed by atoms with E-state index in [0.29, 0.717) is 23.7 Å². The number of amides is 1. The van der Waals surface area contributed by atoms with Crippen molar-refractivity contribution < 1.29 is 14.7 Å².